The lowest BCUT2D eigenvalue weighted by molar-refractivity contribution is -0.137. The molecule has 4 rings (SSSR count). The summed E-state index contributed by atoms with van der Waals surface area (Å²) >= 11 is 5.62. The van der Waals surface area contributed by atoms with E-state index in [-0.39, 0.29) is 5.76 Å². The molecule has 0 aliphatic carbocycles. The van der Waals surface area contributed by atoms with Gasteiger partial charge < -0.3 is 13.5 Å². The molecule has 0 fully saturated rings. The Labute approximate surface area is 199 Å². The number of nitrogens with one attached hydrogen (secondary N) is 1. The molecule has 0 spiro atoms. The number of halogens is 3. The number of rotatable bonds is 8. The molecule has 1 N–H and O–H groups in total. The highest BCUT2D eigenvalue weighted by Gasteiger charge is 2.30. The van der Waals surface area contributed by atoms with Crippen LogP contribution in [-0.2, 0) is 18.0 Å². The van der Waals surface area contributed by atoms with Gasteiger partial charge in [-0.15, -0.1) is 0 Å². The van der Waals surface area contributed by atoms with Crippen molar-refractivity contribution in [1.29, 1.82) is 0 Å². The highest BCUT2D eigenvalue weighted by molar-refractivity contribution is 8.09. The summed E-state index contributed by atoms with van der Waals surface area (Å²) in [7, 11) is 0. The van der Waals surface area contributed by atoms with Crippen LogP contribution in [0.2, 0.25) is 0 Å². The van der Waals surface area contributed by atoms with E-state index in [0.29, 0.717) is 22.8 Å². The first kappa shape index (κ1) is 23.6. The van der Waals surface area contributed by atoms with Gasteiger partial charge >= 0.3 is 12.8 Å². The molecular weight excluding hydrogens is 484 g/mol. The van der Waals surface area contributed by atoms with Crippen molar-refractivity contribution in [3.05, 3.63) is 108 Å². The Bertz CT molecular complexity index is 1270. The largest absolute Gasteiger partial charge is 0.455 e. The maximum absolute atomic E-state index is 13.0. The molecule has 0 aliphatic rings. The quantitative estimate of drug-likeness (QED) is 0.156. The van der Waals surface area contributed by atoms with Crippen LogP contribution in [0.5, 0.6) is 11.5 Å². The maximum atomic E-state index is 13.0. The van der Waals surface area contributed by atoms with Crippen LogP contribution in [-0.4, -0.2) is 6.21 Å². The van der Waals surface area contributed by atoms with Gasteiger partial charge in [0.1, 0.15) is 23.0 Å². The Morgan fingerprint density at radius 1 is 0.824 bits per heavy atom. The fourth-order valence-electron chi connectivity index (χ4n) is 2.89. The molecule has 5 nitrogen and oxygen atoms in total. The Morgan fingerprint density at radius 3 is 2.03 bits per heavy atom. The van der Waals surface area contributed by atoms with Gasteiger partial charge in [0.2, 0.25) is 0 Å². The Morgan fingerprint density at radius 2 is 1.44 bits per heavy atom. The summed E-state index contributed by atoms with van der Waals surface area (Å²) in [5.74, 6) is 1.59. The van der Waals surface area contributed by atoms with Crippen LogP contribution in [0.3, 0.4) is 0 Å². The molecule has 0 amide bonds. The molecule has 0 aliphatic heterocycles. The zero-order valence-electron chi connectivity index (χ0n) is 17.5. The lowest BCUT2D eigenvalue weighted by atomic mass is 10.1. The van der Waals surface area contributed by atoms with Crippen molar-refractivity contribution < 1.29 is 26.6 Å². The van der Waals surface area contributed by atoms with Crippen molar-refractivity contribution in [2.45, 2.75) is 6.18 Å². The fourth-order valence-corrected chi connectivity index (χ4v) is 4.66. The minimum absolute atomic E-state index is 0.271. The van der Waals surface area contributed by atoms with Gasteiger partial charge in [-0.3, -0.25) is 0 Å². The van der Waals surface area contributed by atoms with E-state index in [2.05, 4.69) is 10.3 Å². The van der Waals surface area contributed by atoms with Gasteiger partial charge in [0, 0.05) is 17.4 Å². The average molecular weight is 502 g/mol. The van der Waals surface area contributed by atoms with Crippen LogP contribution < -0.4 is 14.2 Å². The first-order valence-electron chi connectivity index (χ1n) is 9.98. The summed E-state index contributed by atoms with van der Waals surface area (Å²) in [6.45, 7) is -3.16. The van der Waals surface area contributed by atoms with E-state index in [9.17, 15) is 13.2 Å². The number of hydrogen-bond donors (Lipinski definition) is 1. The van der Waals surface area contributed by atoms with Crippen LogP contribution in [0, 0.1) is 0 Å². The van der Waals surface area contributed by atoms with Crippen LogP contribution in [0.4, 0.5) is 13.2 Å². The molecule has 34 heavy (non-hydrogen) atoms. The van der Waals surface area contributed by atoms with Gasteiger partial charge in [-0.25, -0.2) is 5.20 Å². The van der Waals surface area contributed by atoms with E-state index in [1.165, 1.54) is 18.3 Å². The Balaban J connectivity index is 1.51. The van der Waals surface area contributed by atoms with E-state index in [0.717, 1.165) is 12.1 Å². The number of para-hydroxylation sites is 2. The van der Waals surface area contributed by atoms with Gasteiger partial charge in [0.05, 0.1) is 11.8 Å². The second-order valence-corrected chi connectivity index (χ2v) is 9.95. The van der Waals surface area contributed by atoms with Crippen molar-refractivity contribution in [3.8, 4) is 22.8 Å². The van der Waals surface area contributed by atoms with Crippen LogP contribution in [0.25, 0.3) is 11.3 Å². The molecule has 10 heteroatoms. The van der Waals surface area contributed by atoms with E-state index in [1.54, 1.807) is 60.7 Å². The van der Waals surface area contributed by atoms with Crippen LogP contribution in [0.15, 0.2) is 107 Å². The van der Waals surface area contributed by atoms with Crippen molar-refractivity contribution in [2.24, 2.45) is 5.10 Å². The van der Waals surface area contributed by atoms with E-state index >= 15 is 0 Å². The number of hydrazone groups is 1. The van der Waals surface area contributed by atoms with Gasteiger partial charge in [-0.2, -0.15) is 18.3 Å². The standard InChI is InChI=1S/C24H18F3N2O3PS/c25-24(26,27)19-9-7-8-18(16-19)23-15-14-22(30-23)17-28-29-33(34,31-20-10-3-1-4-11-20)32-21-12-5-2-6-13-21/h1-17H,(H,29,34). The Kier molecular flexibility index (Phi) is 7.05. The molecule has 0 atom stereocenters. The normalized spacial score (nSPS) is 12.0. The van der Waals surface area contributed by atoms with E-state index in [4.69, 9.17) is 25.3 Å². The molecular formula is C24H18F3N2O3PS. The molecule has 4 aromatic rings. The smallest absolute Gasteiger partial charge is 0.416 e. The second kappa shape index (κ2) is 10.2. The highest BCUT2D eigenvalue weighted by atomic mass is 32.5. The summed E-state index contributed by atoms with van der Waals surface area (Å²) in [4.78, 5) is 0. The summed E-state index contributed by atoms with van der Waals surface area (Å²) in [5.41, 5.74) is -0.456. The Hall–Kier alpha value is -3.55. The van der Waals surface area contributed by atoms with E-state index < -0.39 is 18.4 Å². The third kappa shape index (κ3) is 6.27. The molecule has 174 valence electrons. The number of benzene rings is 3. The lowest BCUT2D eigenvalue weighted by Crippen LogP contribution is -2.13. The van der Waals surface area contributed by atoms with Crippen molar-refractivity contribution in [3.63, 3.8) is 0 Å². The predicted molar refractivity (Wildman–Crippen MR) is 128 cm³/mol. The predicted octanol–water partition coefficient (Wildman–Crippen LogP) is 7.27. The summed E-state index contributed by atoms with van der Waals surface area (Å²) in [6.07, 6.45) is -3.09. The minimum atomic E-state index is -4.44. The van der Waals surface area contributed by atoms with Crippen LogP contribution >= 0.6 is 6.64 Å². The highest BCUT2D eigenvalue weighted by Crippen LogP contribution is 2.45. The molecule has 1 aromatic heterocycles. The van der Waals surface area contributed by atoms with Gasteiger partial charge in [-0.1, -0.05) is 48.5 Å². The van der Waals surface area contributed by atoms with Gasteiger partial charge in [-0.05, 0) is 48.5 Å². The molecule has 0 saturated carbocycles. The molecule has 0 bridgehead atoms. The molecule has 1 heterocycles. The van der Waals surface area contributed by atoms with Crippen LogP contribution in [0.1, 0.15) is 11.3 Å². The third-order valence-electron chi connectivity index (χ3n) is 4.41. The van der Waals surface area contributed by atoms with Crippen molar-refractivity contribution in [2.75, 3.05) is 0 Å². The van der Waals surface area contributed by atoms with Gasteiger partial charge in [0.15, 0.2) is 0 Å². The monoisotopic (exact) mass is 502 g/mol. The maximum Gasteiger partial charge on any atom is 0.416 e. The second-order valence-electron chi connectivity index (χ2n) is 6.94. The lowest BCUT2D eigenvalue weighted by Gasteiger charge is -2.22. The van der Waals surface area contributed by atoms with Crippen molar-refractivity contribution >= 4 is 24.7 Å². The average Bonchev–Trinajstić information content (AvgIpc) is 3.29. The summed E-state index contributed by atoms with van der Waals surface area (Å²) in [6, 6.07) is 25.9. The molecule has 3 aromatic carbocycles. The van der Waals surface area contributed by atoms with E-state index in [1.807, 2.05) is 12.1 Å². The number of hydrogen-bond acceptors (Lipinski definition) is 5. The molecule has 0 saturated heterocycles. The molecule has 0 radical (unpaired) electrons. The topological polar surface area (TPSA) is 56.0 Å². The first-order valence-corrected chi connectivity index (χ1v) is 12.6. The minimum Gasteiger partial charge on any atom is -0.455 e. The molecule has 0 unspecified atom stereocenters. The summed E-state index contributed by atoms with van der Waals surface area (Å²) in [5, 5.41) is 6.88. The zero-order valence-corrected chi connectivity index (χ0v) is 19.2. The SMILES string of the molecule is FC(F)(F)c1cccc(-c2ccc(C=NNP(=S)(Oc3ccccc3)Oc3ccccc3)o2)c1. The number of nitrogens with zero attached hydrogens (tertiary/aromatic N) is 1. The first-order chi connectivity index (χ1) is 16.3. The summed E-state index contributed by atoms with van der Waals surface area (Å²) < 4.78 is 56.4. The number of furan rings is 1. The third-order valence-corrected chi connectivity index (χ3v) is 6.37. The van der Waals surface area contributed by atoms with Crippen molar-refractivity contribution in [1.82, 2.24) is 5.20 Å². The van der Waals surface area contributed by atoms with Gasteiger partial charge in [0.25, 0.3) is 0 Å². The fraction of sp³-hybridized carbons (Fsp3) is 0.0417. The number of alkyl halides is 3. The zero-order chi connectivity index (χ0) is 24.0.